The smallest absolute Gasteiger partial charge is 0.434 e. The Morgan fingerprint density at radius 1 is 1.17 bits per heavy atom. The fourth-order valence-corrected chi connectivity index (χ4v) is 3.78. The van der Waals surface area contributed by atoms with Crippen LogP contribution in [-0.2, 0) is 17.6 Å². The van der Waals surface area contributed by atoms with E-state index in [0.717, 1.165) is 29.2 Å². The van der Waals surface area contributed by atoms with Gasteiger partial charge in [0.05, 0.1) is 24.0 Å². The van der Waals surface area contributed by atoms with Gasteiger partial charge in [-0.05, 0) is 60.7 Å². The van der Waals surface area contributed by atoms with Crippen molar-refractivity contribution in [3.05, 3.63) is 94.3 Å². The summed E-state index contributed by atoms with van der Waals surface area (Å²) in [6, 6.07) is 19.9. The van der Waals surface area contributed by atoms with Gasteiger partial charge in [0.2, 0.25) is 0 Å². The standard InChI is InChI=1S/C28H30FN3O4/c1-3-35-28(34)36-26-7-5-4-6-21(26)13-20-10-8-19(9-11-20)12-18(2)32-17-25(33)22-14-23(16-30)27(31)24(29)15-22/h4-11,14-15,18,25,32-33H,3,12-13,17,31H2,1-2H3. The van der Waals surface area contributed by atoms with Crippen LogP contribution in [0.5, 0.6) is 5.75 Å². The number of halogens is 1. The Hall–Kier alpha value is -3.93. The molecule has 36 heavy (non-hydrogen) atoms. The fraction of sp³-hybridized carbons (Fsp3) is 0.286. The third kappa shape index (κ3) is 7.28. The van der Waals surface area contributed by atoms with Gasteiger partial charge in [-0.25, -0.2) is 9.18 Å². The van der Waals surface area contributed by atoms with Crippen LogP contribution < -0.4 is 15.8 Å². The molecule has 0 fully saturated rings. The number of nitrogens with zero attached hydrogens (tertiary/aromatic N) is 1. The van der Waals surface area contributed by atoms with Gasteiger partial charge in [0.1, 0.15) is 17.6 Å². The van der Waals surface area contributed by atoms with Crippen LogP contribution in [0.2, 0.25) is 0 Å². The molecule has 0 heterocycles. The van der Waals surface area contributed by atoms with E-state index in [9.17, 15) is 14.3 Å². The molecule has 3 aromatic carbocycles. The molecule has 2 unspecified atom stereocenters. The molecule has 0 aliphatic heterocycles. The summed E-state index contributed by atoms with van der Waals surface area (Å²) in [6.45, 7) is 4.16. The number of nitrogen functional groups attached to an aromatic ring is 1. The predicted molar refractivity (Wildman–Crippen MR) is 135 cm³/mol. The van der Waals surface area contributed by atoms with Crippen LogP contribution in [0.25, 0.3) is 0 Å². The number of nitrogens with two attached hydrogens (primary N) is 1. The highest BCUT2D eigenvalue weighted by molar-refractivity contribution is 5.64. The second-order valence-electron chi connectivity index (χ2n) is 8.49. The SMILES string of the molecule is CCOC(=O)Oc1ccccc1Cc1ccc(CC(C)NCC(O)c2cc(F)c(N)c(C#N)c2)cc1. The largest absolute Gasteiger partial charge is 0.513 e. The summed E-state index contributed by atoms with van der Waals surface area (Å²) in [4.78, 5) is 11.7. The van der Waals surface area contributed by atoms with Gasteiger partial charge in [0, 0.05) is 19.0 Å². The normalized spacial score (nSPS) is 12.4. The number of rotatable bonds is 10. The van der Waals surface area contributed by atoms with Gasteiger partial charge in [-0.15, -0.1) is 0 Å². The minimum absolute atomic E-state index is 0.00673. The van der Waals surface area contributed by atoms with Gasteiger partial charge in [-0.1, -0.05) is 42.5 Å². The maximum Gasteiger partial charge on any atom is 0.513 e. The third-order valence-electron chi connectivity index (χ3n) is 5.70. The number of hydrogen-bond acceptors (Lipinski definition) is 7. The number of para-hydroxylation sites is 1. The topological polar surface area (TPSA) is 118 Å². The number of ether oxygens (including phenoxy) is 2. The molecule has 0 spiro atoms. The monoisotopic (exact) mass is 491 g/mol. The minimum Gasteiger partial charge on any atom is -0.434 e. The molecule has 4 N–H and O–H groups in total. The van der Waals surface area contributed by atoms with Crippen molar-refractivity contribution in [1.82, 2.24) is 5.32 Å². The fourth-order valence-electron chi connectivity index (χ4n) is 3.78. The summed E-state index contributed by atoms with van der Waals surface area (Å²) in [6.07, 6.45) is -0.388. The van der Waals surface area contributed by atoms with Gasteiger partial charge in [-0.3, -0.25) is 0 Å². The second-order valence-corrected chi connectivity index (χ2v) is 8.49. The number of nitriles is 1. The van der Waals surface area contributed by atoms with Crippen molar-refractivity contribution in [2.45, 2.75) is 38.8 Å². The molecule has 3 aromatic rings. The summed E-state index contributed by atoms with van der Waals surface area (Å²) >= 11 is 0. The van der Waals surface area contributed by atoms with E-state index in [4.69, 9.17) is 20.5 Å². The minimum atomic E-state index is -0.978. The van der Waals surface area contributed by atoms with Crippen LogP contribution in [-0.4, -0.2) is 30.5 Å². The molecule has 188 valence electrons. The first-order valence-corrected chi connectivity index (χ1v) is 11.7. The number of carbonyl (C=O) groups excluding carboxylic acids is 1. The first kappa shape index (κ1) is 26.7. The van der Waals surface area contributed by atoms with Crippen LogP contribution in [0, 0.1) is 17.1 Å². The Balaban J connectivity index is 1.55. The van der Waals surface area contributed by atoms with E-state index < -0.39 is 18.1 Å². The molecule has 0 bridgehead atoms. The lowest BCUT2D eigenvalue weighted by atomic mass is 10.00. The first-order valence-electron chi connectivity index (χ1n) is 11.7. The molecule has 7 nitrogen and oxygen atoms in total. The van der Waals surface area contributed by atoms with E-state index in [1.165, 1.54) is 6.07 Å². The number of hydrogen-bond donors (Lipinski definition) is 3. The highest BCUT2D eigenvalue weighted by Gasteiger charge is 2.15. The zero-order valence-corrected chi connectivity index (χ0v) is 20.3. The number of anilines is 1. The lowest BCUT2D eigenvalue weighted by Gasteiger charge is -2.18. The number of nitrogens with one attached hydrogen (secondary N) is 1. The summed E-state index contributed by atoms with van der Waals surface area (Å²) < 4.78 is 24.1. The lowest BCUT2D eigenvalue weighted by Crippen LogP contribution is -2.32. The first-order chi connectivity index (χ1) is 17.3. The molecular formula is C28H30FN3O4. The lowest BCUT2D eigenvalue weighted by molar-refractivity contribution is 0.104. The Labute approximate surface area is 210 Å². The molecule has 0 aliphatic carbocycles. The van der Waals surface area contributed by atoms with Crippen molar-refractivity contribution < 1.29 is 23.8 Å². The average Bonchev–Trinajstić information content (AvgIpc) is 2.86. The Bertz CT molecular complexity index is 1220. The predicted octanol–water partition coefficient (Wildman–Crippen LogP) is 4.66. The van der Waals surface area contributed by atoms with Crippen LogP contribution in [0.3, 0.4) is 0 Å². The van der Waals surface area contributed by atoms with Crippen molar-refractivity contribution in [3.63, 3.8) is 0 Å². The average molecular weight is 492 g/mol. The van der Waals surface area contributed by atoms with Gasteiger partial charge < -0.3 is 25.6 Å². The molecule has 0 aromatic heterocycles. The van der Waals surface area contributed by atoms with Crippen LogP contribution >= 0.6 is 0 Å². The van der Waals surface area contributed by atoms with Crippen molar-refractivity contribution in [1.29, 1.82) is 5.26 Å². The molecule has 0 saturated heterocycles. The molecule has 0 aliphatic rings. The van der Waals surface area contributed by atoms with E-state index in [1.54, 1.807) is 19.1 Å². The molecule has 0 saturated carbocycles. The Morgan fingerprint density at radius 3 is 2.56 bits per heavy atom. The second kappa shape index (κ2) is 12.7. The number of carbonyl (C=O) groups is 1. The van der Waals surface area contributed by atoms with Crippen molar-refractivity contribution in [2.75, 3.05) is 18.9 Å². The number of aliphatic hydroxyl groups is 1. The van der Waals surface area contributed by atoms with E-state index in [-0.39, 0.29) is 30.4 Å². The summed E-state index contributed by atoms with van der Waals surface area (Å²) in [7, 11) is 0. The molecule has 8 heteroatoms. The highest BCUT2D eigenvalue weighted by atomic mass is 19.1. The summed E-state index contributed by atoms with van der Waals surface area (Å²) in [5, 5.41) is 22.8. The zero-order chi connectivity index (χ0) is 26.1. The number of benzene rings is 3. The quantitative estimate of drug-likeness (QED) is 0.214. The molecule has 2 atom stereocenters. The summed E-state index contributed by atoms with van der Waals surface area (Å²) in [5.74, 6) is -0.245. The van der Waals surface area contributed by atoms with Crippen molar-refractivity contribution >= 4 is 11.8 Å². The van der Waals surface area contributed by atoms with E-state index in [0.29, 0.717) is 17.7 Å². The van der Waals surface area contributed by atoms with E-state index >= 15 is 0 Å². The molecular weight excluding hydrogens is 461 g/mol. The summed E-state index contributed by atoms with van der Waals surface area (Å²) in [5.41, 5.74) is 8.68. The van der Waals surface area contributed by atoms with Crippen LogP contribution in [0.4, 0.5) is 14.9 Å². The van der Waals surface area contributed by atoms with Gasteiger partial charge >= 0.3 is 6.16 Å². The Morgan fingerprint density at radius 2 is 1.86 bits per heavy atom. The maximum atomic E-state index is 13.9. The van der Waals surface area contributed by atoms with Crippen LogP contribution in [0.1, 0.15) is 47.8 Å². The van der Waals surface area contributed by atoms with Crippen molar-refractivity contribution in [3.8, 4) is 11.8 Å². The number of aliphatic hydroxyl groups excluding tert-OH is 1. The van der Waals surface area contributed by atoms with Gasteiger partial charge in [0.25, 0.3) is 0 Å². The van der Waals surface area contributed by atoms with Gasteiger partial charge in [0.15, 0.2) is 0 Å². The van der Waals surface area contributed by atoms with Crippen LogP contribution in [0.15, 0.2) is 60.7 Å². The van der Waals surface area contributed by atoms with Crippen molar-refractivity contribution in [2.24, 2.45) is 0 Å². The molecule has 0 amide bonds. The van der Waals surface area contributed by atoms with Gasteiger partial charge in [-0.2, -0.15) is 5.26 Å². The highest BCUT2D eigenvalue weighted by Crippen LogP contribution is 2.24. The Kier molecular flexibility index (Phi) is 9.39. The van der Waals surface area contributed by atoms with E-state index in [2.05, 4.69) is 5.32 Å². The van der Waals surface area contributed by atoms with E-state index in [1.807, 2.05) is 49.4 Å². The molecule has 0 radical (unpaired) electrons. The zero-order valence-electron chi connectivity index (χ0n) is 20.3. The molecule has 3 rings (SSSR count). The third-order valence-corrected chi connectivity index (χ3v) is 5.70. The maximum absolute atomic E-state index is 13.9.